The molecule has 0 radical (unpaired) electrons. The molecule has 3 atom stereocenters. The zero-order valence-corrected chi connectivity index (χ0v) is 20.4. The molecule has 36 heavy (non-hydrogen) atoms. The highest BCUT2D eigenvalue weighted by Crippen LogP contribution is 2.57. The first-order valence-corrected chi connectivity index (χ1v) is 12.2. The summed E-state index contributed by atoms with van der Waals surface area (Å²) in [7, 11) is 0. The van der Waals surface area contributed by atoms with Gasteiger partial charge in [0, 0.05) is 10.0 Å². The van der Waals surface area contributed by atoms with Gasteiger partial charge in [0.2, 0.25) is 5.91 Å². The highest BCUT2D eigenvalue weighted by molar-refractivity contribution is 6.36. The first kappa shape index (κ1) is 22.8. The number of hydroxylamine groups is 1. The lowest BCUT2D eigenvalue weighted by atomic mass is 9.69. The molecule has 0 saturated carbocycles. The van der Waals surface area contributed by atoms with Gasteiger partial charge in [-0.15, -0.1) is 0 Å². The van der Waals surface area contributed by atoms with Crippen molar-refractivity contribution in [1.82, 2.24) is 0 Å². The molecular weight excluding hydrogens is 495 g/mol. The number of para-hydroxylation sites is 1. The van der Waals surface area contributed by atoms with Crippen LogP contribution in [0.2, 0.25) is 10.0 Å². The van der Waals surface area contributed by atoms with E-state index in [4.69, 9.17) is 28.0 Å². The van der Waals surface area contributed by atoms with Gasteiger partial charge in [0.05, 0.1) is 11.4 Å². The van der Waals surface area contributed by atoms with E-state index in [9.17, 15) is 9.59 Å². The quantitative estimate of drug-likeness (QED) is 0.297. The number of nitrogens with zero attached hydrogens (tertiary/aromatic N) is 2. The molecule has 2 fully saturated rings. The minimum absolute atomic E-state index is 0.314. The Kier molecular flexibility index (Phi) is 5.56. The maximum Gasteiger partial charge on any atom is 0.267 e. The van der Waals surface area contributed by atoms with E-state index in [0.29, 0.717) is 21.3 Å². The molecule has 3 unspecified atom stereocenters. The van der Waals surface area contributed by atoms with E-state index in [1.54, 1.807) is 23.3 Å². The Morgan fingerprint density at radius 1 is 0.694 bits per heavy atom. The van der Waals surface area contributed by atoms with Crippen LogP contribution in [0.4, 0.5) is 11.4 Å². The average Bonchev–Trinajstić information content (AvgIpc) is 3.36. The van der Waals surface area contributed by atoms with Crippen molar-refractivity contribution in [2.24, 2.45) is 0 Å². The van der Waals surface area contributed by atoms with Gasteiger partial charge in [0.1, 0.15) is 11.5 Å². The van der Waals surface area contributed by atoms with Gasteiger partial charge in [-0.1, -0.05) is 102 Å². The predicted molar refractivity (Wildman–Crippen MR) is 140 cm³/mol. The van der Waals surface area contributed by atoms with Gasteiger partial charge >= 0.3 is 0 Å². The molecule has 2 heterocycles. The van der Waals surface area contributed by atoms with Crippen molar-refractivity contribution in [3.63, 3.8) is 0 Å². The summed E-state index contributed by atoms with van der Waals surface area (Å²) in [6.07, 6.45) is -1.10. The minimum Gasteiger partial charge on any atom is -0.273 e. The van der Waals surface area contributed by atoms with Crippen LogP contribution in [0.15, 0.2) is 109 Å². The summed E-state index contributed by atoms with van der Waals surface area (Å²) in [4.78, 5) is 36.2. The summed E-state index contributed by atoms with van der Waals surface area (Å²) in [5.41, 5.74) is 1.24. The molecule has 178 valence electrons. The number of carbonyl (C=O) groups is 2. The molecule has 5 nitrogen and oxygen atoms in total. The molecule has 2 aliphatic heterocycles. The van der Waals surface area contributed by atoms with E-state index in [-0.39, 0.29) is 0 Å². The second-order valence-electron chi connectivity index (χ2n) is 8.80. The number of fused-ring (bicyclic) bond motifs is 1. The van der Waals surface area contributed by atoms with Crippen LogP contribution in [0, 0.1) is 0 Å². The average molecular weight is 515 g/mol. The SMILES string of the molecule is O=C1C2ON(c3ccccc3)C(c3ccccc3)C2(c2ccccc2)C(=O)N1c1cc(Cl)cc(Cl)c1. The molecule has 2 saturated heterocycles. The van der Waals surface area contributed by atoms with Crippen LogP contribution in [0.5, 0.6) is 0 Å². The van der Waals surface area contributed by atoms with Crippen LogP contribution in [-0.2, 0) is 19.8 Å². The van der Waals surface area contributed by atoms with Crippen LogP contribution < -0.4 is 9.96 Å². The molecule has 2 amide bonds. The molecule has 0 spiro atoms. The number of hydrogen-bond donors (Lipinski definition) is 0. The van der Waals surface area contributed by atoms with Crippen molar-refractivity contribution in [2.45, 2.75) is 17.6 Å². The first-order chi connectivity index (χ1) is 17.5. The van der Waals surface area contributed by atoms with Crippen molar-refractivity contribution in [3.8, 4) is 0 Å². The third-order valence-electron chi connectivity index (χ3n) is 6.78. The molecule has 0 bridgehead atoms. The Hall–Kier alpha value is -3.64. The first-order valence-electron chi connectivity index (χ1n) is 11.5. The summed E-state index contributed by atoms with van der Waals surface area (Å²) in [5.74, 6) is -0.865. The van der Waals surface area contributed by atoms with E-state index in [0.717, 1.165) is 16.2 Å². The zero-order chi connectivity index (χ0) is 24.9. The Bertz CT molecular complexity index is 1430. The zero-order valence-electron chi connectivity index (χ0n) is 18.9. The van der Waals surface area contributed by atoms with E-state index in [1.807, 2.05) is 91.0 Å². The topological polar surface area (TPSA) is 49.9 Å². The fourth-order valence-electron chi connectivity index (χ4n) is 5.34. The Morgan fingerprint density at radius 3 is 1.86 bits per heavy atom. The Morgan fingerprint density at radius 2 is 1.25 bits per heavy atom. The van der Waals surface area contributed by atoms with Gasteiger partial charge in [-0.05, 0) is 41.5 Å². The van der Waals surface area contributed by atoms with Crippen LogP contribution in [0.1, 0.15) is 17.2 Å². The van der Waals surface area contributed by atoms with Gasteiger partial charge in [0.25, 0.3) is 5.91 Å². The van der Waals surface area contributed by atoms with E-state index in [1.165, 1.54) is 0 Å². The van der Waals surface area contributed by atoms with Crippen LogP contribution >= 0.6 is 23.2 Å². The molecule has 0 N–H and O–H groups in total. The van der Waals surface area contributed by atoms with Gasteiger partial charge < -0.3 is 0 Å². The summed E-state index contributed by atoms with van der Waals surface area (Å²) < 4.78 is 0. The third-order valence-corrected chi connectivity index (χ3v) is 7.22. The third kappa shape index (κ3) is 3.35. The number of benzene rings is 4. The summed E-state index contributed by atoms with van der Waals surface area (Å²) in [5, 5.41) is 2.36. The fourth-order valence-corrected chi connectivity index (χ4v) is 5.85. The van der Waals surface area contributed by atoms with E-state index in [2.05, 4.69) is 0 Å². The molecular formula is C29H20Cl2N2O3. The van der Waals surface area contributed by atoms with Crippen LogP contribution in [0.3, 0.4) is 0 Å². The molecule has 2 aliphatic rings. The van der Waals surface area contributed by atoms with Crippen molar-refractivity contribution < 1.29 is 14.4 Å². The Balaban J connectivity index is 1.62. The highest BCUT2D eigenvalue weighted by Gasteiger charge is 2.72. The van der Waals surface area contributed by atoms with Crippen molar-refractivity contribution >= 4 is 46.4 Å². The maximum absolute atomic E-state index is 14.6. The number of carbonyl (C=O) groups excluding carboxylic acids is 2. The second-order valence-corrected chi connectivity index (χ2v) is 9.67. The molecule has 0 aliphatic carbocycles. The molecule has 4 aromatic rings. The van der Waals surface area contributed by atoms with Crippen molar-refractivity contribution in [3.05, 3.63) is 130 Å². The standard InChI is InChI=1S/C29H20Cl2N2O3/c30-21-16-22(31)18-24(17-21)32-27(34)26-29(28(32)35,20-12-6-2-7-13-20)25(19-10-4-1-5-11-19)33(36-26)23-14-8-3-9-15-23/h1-18,25-26H. The minimum atomic E-state index is -1.36. The van der Waals surface area contributed by atoms with Crippen LogP contribution in [-0.4, -0.2) is 17.9 Å². The largest absolute Gasteiger partial charge is 0.273 e. The molecule has 4 aromatic carbocycles. The number of amides is 2. The lowest BCUT2D eigenvalue weighted by Gasteiger charge is -2.35. The van der Waals surface area contributed by atoms with Gasteiger partial charge in [0.15, 0.2) is 6.10 Å². The number of rotatable bonds is 4. The smallest absolute Gasteiger partial charge is 0.267 e. The monoisotopic (exact) mass is 514 g/mol. The molecule has 0 aromatic heterocycles. The fraction of sp³-hybridized carbons (Fsp3) is 0.103. The van der Waals surface area contributed by atoms with Crippen molar-refractivity contribution in [2.75, 3.05) is 9.96 Å². The predicted octanol–water partition coefficient (Wildman–Crippen LogP) is 6.37. The number of hydrogen-bond acceptors (Lipinski definition) is 4. The van der Waals surface area contributed by atoms with Crippen molar-refractivity contribution in [1.29, 1.82) is 0 Å². The van der Waals surface area contributed by atoms with Gasteiger partial charge in [-0.25, -0.2) is 9.96 Å². The number of anilines is 2. The molecule has 7 heteroatoms. The lowest BCUT2D eigenvalue weighted by Crippen LogP contribution is -2.46. The highest BCUT2D eigenvalue weighted by atomic mass is 35.5. The lowest BCUT2D eigenvalue weighted by molar-refractivity contribution is -0.126. The normalized spacial score (nSPS) is 23.3. The summed E-state index contributed by atoms with van der Waals surface area (Å²) >= 11 is 12.5. The molecule has 6 rings (SSSR count). The second kappa shape index (κ2) is 8.79. The number of halogens is 2. The van der Waals surface area contributed by atoms with Gasteiger partial charge in [-0.2, -0.15) is 0 Å². The summed E-state index contributed by atoms with van der Waals surface area (Å²) in [6.45, 7) is 0. The van der Waals surface area contributed by atoms with E-state index >= 15 is 0 Å². The summed E-state index contributed by atoms with van der Waals surface area (Å²) in [6, 6.07) is 32.6. The maximum atomic E-state index is 14.6. The van der Waals surface area contributed by atoms with Crippen LogP contribution in [0.25, 0.3) is 0 Å². The van der Waals surface area contributed by atoms with E-state index < -0.39 is 29.4 Å². The Labute approximate surface area is 218 Å². The van der Waals surface area contributed by atoms with Gasteiger partial charge in [-0.3, -0.25) is 14.4 Å². The number of imide groups is 1.